The van der Waals surface area contributed by atoms with Crippen molar-refractivity contribution in [1.29, 1.82) is 0 Å². The van der Waals surface area contributed by atoms with Gasteiger partial charge in [0.1, 0.15) is 0 Å². The molecule has 0 radical (unpaired) electrons. The molecule has 2 heteroatoms. The lowest BCUT2D eigenvalue weighted by Gasteiger charge is -2.10. The number of aryl methyl sites for hydroxylation is 2. The predicted octanol–water partition coefficient (Wildman–Crippen LogP) is 3.51. The molecule has 1 heterocycles. The van der Waals surface area contributed by atoms with Crippen LogP contribution in [0.3, 0.4) is 0 Å². The molecule has 0 amide bonds. The third-order valence-electron chi connectivity index (χ3n) is 2.70. The van der Waals surface area contributed by atoms with Gasteiger partial charge in [0.25, 0.3) is 0 Å². The van der Waals surface area contributed by atoms with Gasteiger partial charge >= 0.3 is 0 Å². The standard InChI is InChI=1S/C12H15NS/c1-8-4-5-11(6-9(8)2)12-7-13-10(3)14-12/h4-6,12H,7H2,1-3H3. The number of rotatable bonds is 1. The lowest BCUT2D eigenvalue weighted by atomic mass is 10.0. The average Bonchev–Trinajstić information content (AvgIpc) is 2.57. The Bertz CT molecular complexity index is 382. The Morgan fingerprint density at radius 3 is 2.57 bits per heavy atom. The third-order valence-corrected chi connectivity index (χ3v) is 3.87. The molecule has 0 saturated carbocycles. The van der Waals surface area contributed by atoms with Gasteiger partial charge in [0.15, 0.2) is 0 Å². The largest absolute Gasteiger partial charge is 0.282 e. The van der Waals surface area contributed by atoms with Gasteiger partial charge in [0.2, 0.25) is 0 Å². The summed E-state index contributed by atoms with van der Waals surface area (Å²) in [7, 11) is 0. The summed E-state index contributed by atoms with van der Waals surface area (Å²) in [5, 5.41) is 1.77. The van der Waals surface area contributed by atoms with Crippen LogP contribution in [0.1, 0.15) is 28.9 Å². The number of thioether (sulfide) groups is 1. The zero-order valence-electron chi connectivity index (χ0n) is 8.87. The van der Waals surface area contributed by atoms with Crippen LogP contribution in [0.4, 0.5) is 0 Å². The summed E-state index contributed by atoms with van der Waals surface area (Å²) in [5.41, 5.74) is 4.17. The first-order valence-electron chi connectivity index (χ1n) is 4.91. The highest BCUT2D eigenvalue weighted by Crippen LogP contribution is 2.35. The molecular weight excluding hydrogens is 190 g/mol. The second-order valence-corrected chi connectivity index (χ2v) is 5.21. The SMILES string of the molecule is CC1=NCC(c2ccc(C)c(C)c2)S1. The molecule has 0 bridgehead atoms. The maximum atomic E-state index is 4.43. The normalized spacial score (nSPS) is 21.1. The van der Waals surface area contributed by atoms with E-state index in [0.717, 1.165) is 6.54 Å². The molecule has 0 aromatic heterocycles. The van der Waals surface area contributed by atoms with Crippen molar-refractivity contribution < 1.29 is 0 Å². The molecule has 1 aromatic carbocycles. The van der Waals surface area contributed by atoms with Crippen LogP contribution in [-0.2, 0) is 0 Å². The van der Waals surface area contributed by atoms with Crippen LogP contribution in [0.5, 0.6) is 0 Å². The summed E-state index contributed by atoms with van der Waals surface area (Å²) in [5.74, 6) is 0. The quantitative estimate of drug-likeness (QED) is 0.683. The summed E-state index contributed by atoms with van der Waals surface area (Å²) in [6.07, 6.45) is 0. The van der Waals surface area contributed by atoms with Crippen LogP contribution in [0, 0.1) is 13.8 Å². The Morgan fingerprint density at radius 2 is 2.00 bits per heavy atom. The van der Waals surface area contributed by atoms with Gasteiger partial charge < -0.3 is 0 Å². The lowest BCUT2D eigenvalue weighted by Crippen LogP contribution is -1.95. The van der Waals surface area contributed by atoms with Gasteiger partial charge in [-0.15, -0.1) is 11.8 Å². The van der Waals surface area contributed by atoms with Crippen LogP contribution in [0.25, 0.3) is 0 Å². The van der Waals surface area contributed by atoms with E-state index in [9.17, 15) is 0 Å². The van der Waals surface area contributed by atoms with Gasteiger partial charge in [0, 0.05) is 0 Å². The van der Waals surface area contributed by atoms with Crippen LogP contribution in [0.15, 0.2) is 23.2 Å². The van der Waals surface area contributed by atoms with E-state index in [1.54, 1.807) is 0 Å². The third kappa shape index (κ3) is 1.85. The minimum Gasteiger partial charge on any atom is -0.282 e. The van der Waals surface area contributed by atoms with Gasteiger partial charge in [-0.05, 0) is 37.5 Å². The number of benzene rings is 1. The molecule has 1 atom stereocenters. The molecule has 0 spiro atoms. The van der Waals surface area contributed by atoms with Crippen molar-refractivity contribution in [3.63, 3.8) is 0 Å². The van der Waals surface area contributed by atoms with Crippen molar-refractivity contribution in [3.05, 3.63) is 34.9 Å². The Morgan fingerprint density at radius 1 is 1.21 bits per heavy atom. The molecule has 2 rings (SSSR count). The molecule has 1 aliphatic heterocycles. The Hall–Kier alpha value is -0.760. The van der Waals surface area contributed by atoms with E-state index in [-0.39, 0.29) is 0 Å². The van der Waals surface area contributed by atoms with Crippen molar-refractivity contribution in [2.75, 3.05) is 6.54 Å². The van der Waals surface area contributed by atoms with E-state index < -0.39 is 0 Å². The second-order valence-electron chi connectivity index (χ2n) is 3.81. The molecule has 0 N–H and O–H groups in total. The molecule has 0 fully saturated rings. The van der Waals surface area contributed by atoms with E-state index in [2.05, 4.69) is 44.0 Å². The molecule has 1 unspecified atom stereocenters. The fourth-order valence-electron chi connectivity index (χ4n) is 1.63. The van der Waals surface area contributed by atoms with Crippen LogP contribution in [0.2, 0.25) is 0 Å². The molecular formula is C12H15NS. The van der Waals surface area contributed by atoms with Crippen molar-refractivity contribution in [2.24, 2.45) is 4.99 Å². The first-order chi connectivity index (χ1) is 6.66. The molecule has 14 heavy (non-hydrogen) atoms. The maximum absolute atomic E-state index is 4.43. The minimum absolute atomic E-state index is 0.550. The molecule has 0 saturated heterocycles. The summed E-state index contributed by atoms with van der Waals surface area (Å²) in [4.78, 5) is 4.43. The summed E-state index contributed by atoms with van der Waals surface area (Å²) >= 11 is 1.88. The van der Waals surface area contributed by atoms with Crippen molar-refractivity contribution in [3.8, 4) is 0 Å². The molecule has 1 aliphatic rings. The summed E-state index contributed by atoms with van der Waals surface area (Å²) in [6.45, 7) is 7.36. The summed E-state index contributed by atoms with van der Waals surface area (Å²) < 4.78 is 0. The van der Waals surface area contributed by atoms with Crippen molar-refractivity contribution in [1.82, 2.24) is 0 Å². The van der Waals surface area contributed by atoms with Crippen LogP contribution in [-0.4, -0.2) is 11.6 Å². The molecule has 74 valence electrons. The zero-order chi connectivity index (χ0) is 10.1. The van der Waals surface area contributed by atoms with Crippen LogP contribution < -0.4 is 0 Å². The van der Waals surface area contributed by atoms with E-state index >= 15 is 0 Å². The lowest BCUT2D eigenvalue weighted by molar-refractivity contribution is 0.962. The predicted molar refractivity (Wildman–Crippen MR) is 64.2 cm³/mol. The van der Waals surface area contributed by atoms with Gasteiger partial charge in [-0.3, -0.25) is 4.99 Å². The Balaban J connectivity index is 2.22. The highest BCUT2D eigenvalue weighted by Gasteiger charge is 2.18. The van der Waals surface area contributed by atoms with E-state index in [0.29, 0.717) is 5.25 Å². The minimum atomic E-state index is 0.550. The number of hydrogen-bond donors (Lipinski definition) is 0. The Kier molecular flexibility index (Phi) is 2.64. The Labute approximate surface area is 89.6 Å². The van der Waals surface area contributed by atoms with Gasteiger partial charge in [-0.2, -0.15) is 0 Å². The fraction of sp³-hybridized carbons (Fsp3) is 0.417. The van der Waals surface area contributed by atoms with Gasteiger partial charge in [-0.25, -0.2) is 0 Å². The van der Waals surface area contributed by atoms with E-state index in [1.807, 2.05) is 11.8 Å². The zero-order valence-corrected chi connectivity index (χ0v) is 9.69. The highest BCUT2D eigenvalue weighted by molar-refractivity contribution is 8.14. The number of aliphatic imine (C=N–C) groups is 1. The van der Waals surface area contributed by atoms with Crippen LogP contribution >= 0.6 is 11.8 Å². The number of nitrogens with zero attached hydrogens (tertiary/aromatic N) is 1. The topological polar surface area (TPSA) is 12.4 Å². The van der Waals surface area contributed by atoms with Crippen molar-refractivity contribution in [2.45, 2.75) is 26.0 Å². The number of hydrogen-bond acceptors (Lipinski definition) is 2. The van der Waals surface area contributed by atoms with Crippen molar-refractivity contribution >= 4 is 16.8 Å². The second kappa shape index (κ2) is 3.77. The monoisotopic (exact) mass is 205 g/mol. The first kappa shape index (κ1) is 9.78. The molecule has 1 aromatic rings. The van der Waals surface area contributed by atoms with Gasteiger partial charge in [-0.1, -0.05) is 18.2 Å². The fourth-order valence-corrected chi connectivity index (χ4v) is 2.62. The highest BCUT2D eigenvalue weighted by atomic mass is 32.2. The molecule has 0 aliphatic carbocycles. The molecule has 1 nitrogen and oxygen atoms in total. The average molecular weight is 205 g/mol. The van der Waals surface area contributed by atoms with E-state index in [1.165, 1.54) is 21.7 Å². The smallest absolute Gasteiger partial charge is 0.0652 e. The first-order valence-corrected chi connectivity index (χ1v) is 5.79. The van der Waals surface area contributed by atoms with E-state index in [4.69, 9.17) is 0 Å². The van der Waals surface area contributed by atoms with Gasteiger partial charge in [0.05, 0.1) is 16.8 Å². The summed E-state index contributed by atoms with van der Waals surface area (Å²) in [6, 6.07) is 6.73. The maximum Gasteiger partial charge on any atom is 0.0652 e.